The van der Waals surface area contributed by atoms with Gasteiger partial charge in [-0.3, -0.25) is 9.59 Å². The smallest absolute Gasteiger partial charge is 0.260 e. The van der Waals surface area contributed by atoms with Gasteiger partial charge in [-0.2, -0.15) is 0 Å². The highest BCUT2D eigenvalue weighted by molar-refractivity contribution is 6.30. The number of hydrogen-bond acceptors (Lipinski definition) is 3. The molecule has 0 unspecified atom stereocenters. The minimum absolute atomic E-state index is 0.0600. The molecule has 0 N–H and O–H groups in total. The summed E-state index contributed by atoms with van der Waals surface area (Å²) in [5, 5.41) is 0.464. The van der Waals surface area contributed by atoms with Crippen molar-refractivity contribution < 1.29 is 14.3 Å². The molecule has 1 fully saturated rings. The van der Waals surface area contributed by atoms with Gasteiger partial charge in [-0.15, -0.1) is 0 Å². The number of ether oxygens (including phenoxy) is 1. The van der Waals surface area contributed by atoms with Crippen molar-refractivity contribution in [2.45, 2.75) is 18.9 Å². The van der Waals surface area contributed by atoms with E-state index in [4.69, 9.17) is 16.3 Å². The molecule has 1 aromatic rings. The van der Waals surface area contributed by atoms with Crippen LogP contribution in [0.25, 0.3) is 0 Å². The highest BCUT2D eigenvalue weighted by Gasteiger charge is 2.29. The molecule has 2 rings (SSSR count). The molecule has 96 valence electrons. The molecule has 1 aliphatic rings. The Bertz CT molecular complexity index is 471. The molecule has 0 radical (unpaired) electrons. The minimum atomic E-state index is -0.0794. The lowest BCUT2D eigenvalue weighted by Gasteiger charge is -2.16. The van der Waals surface area contributed by atoms with Gasteiger partial charge in [-0.25, -0.2) is 0 Å². The van der Waals surface area contributed by atoms with Gasteiger partial charge in [0.15, 0.2) is 12.9 Å². The van der Waals surface area contributed by atoms with Crippen molar-refractivity contribution in [3.63, 3.8) is 0 Å². The molecule has 0 bridgehead atoms. The molecule has 18 heavy (non-hydrogen) atoms. The van der Waals surface area contributed by atoms with Gasteiger partial charge in [0.25, 0.3) is 5.91 Å². The molecule has 1 aliphatic carbocycles. The van der Waals surface area contributed by atoms with Crippen molar-refractivity contribution in [3.05, 3.63) is 28.8 Å². The Hall–Kier alpha value is -1.55. The maximum absolute atomic E-state index is 11.8. The van der Waals surface area contributed by atoms with Crippen molar-refractivity contribution in [3.8, 4) is 5.75 Å². The van der Waals surface area contributed by atoms with E-state index in [-0.39, 0.29) is 12.5 Å². The lowest BCUT2D eigenvalue weighted by molar-refractivity contribution is -0.132. The normalized spacial score (nSPS) is 14.1. The van der Waals surface area contributed by atoms with Gasteiger partial charge in [-0.1, -0.05) is 11.6 Å². The van der Waals surface area contributed by atoms with E-state index >= 15 is 0 Å². The number of carbonyl (C=O) groups is 2. The van der Waals surface area contributed by atoms with Crippen LogP contribution in [-0.4, -0.2) is 36.8 Å². The van der Waals surface area contributed by atoms with Crippen LogP contribution in [0.15, 0.2) is 18.2 Å². The molecule has 0 aliphatic heterocycles. The fraction of sp³-hybridized carbons (Fsp3) is 0.385. The van der Waals surface area contributed by atoms with Crippen LogP contribution in [0, 0.1) is 0 Å². The molecular weight excluding hydrogens is 254 g/mol. The Labute approximate surface area is 110 Å². The summed E-state index contributed by atoms with van der Waals surface area (Å²) in [6, 6.07) is 5.09. The van der Waals surface area contributed by atoms with Crippen molar-refractivity contribution in [1.82, 2.24) is 4.90 Å². The van der Waals surface area contributed by atoms with Crippen LogP contribution in [0.2, 0.25) is 5.02 Å². The number of halogens is 1. The Balaban J connectivity index is 1.97. The van der Waals surface area contributed by atoms with Crippen LogP contribution >= 0.6 is 11.6 Å². The van der Waals surface area contributed by atoms with Gasteiger partial charge in [0, 0.05) is 18.1 Å². The third-order valence-corrected chi connectivity index (χ3v) is 3.17. The summed E-state index contributed by atoms with van der Waals surface area (Å²) in [7, 11) is 1.77. The highest BCUT2D eigenvalue weighted by atomic mass is 35.5. The van der Waals surface area contributed by atoms with E-state index < -0.39 is 0 Å². The monoisotopic (exact) mass is 267 g/mol. The van der Waals surface area contributed by atoms with Crippen molar-refractivity contribution in [2.75, 3.05) is 13.7 Å². The molecule has 0 aromatic heterocycles. The molecule has 4 nitrogen and oxygen atoms in total. The molecular formula is C13H14ClNO3. The second kappa shape index (κ2) is 5.40. The van der Waals surface area contributed by atoms with E-state index in [2.05, 4.69) is 0 Å². The molecule has 1 amide bonds. The largest absolute Gasteiger partial charge is 0.483 e. The maximum Gasteiger partial charge on any atom is 0.260 e. The SMILES string of the molecule is CN(C(=O)COc1ccc(Cl)cc1C=O)C1CC1. The molecule has 0 heterocycles. The Morgan fingerprint density at radius 3 is 2.89 bits per heavy atom. The average molecular weight is 268 g/mol. The number of carbonyl (C=O) groups excluding carboxylic acids is 2. The maximum atomic E-state index is 11.8. The third-order valence-electron chi connectivity index (χ3n) is 2.94. The summed E-state index contributed by atoms with van der Waals surface area (Å²) in [6.45, 7) is -0.0600. The zero-order valence-corrected chi connectivity index (χ0v) is 10.8. The summed E-state index contributed by atoms with van der Waals surface area (Å²) in [5.74, 6) is 0.302. The molecule has 1 saturated carbocycles. The summed E-state index contributed by atoms with van der Waals surface area (Å²) < 4.78 is 5.36. The number of nitrogens with zero attached hydrogens (tertiary/aromatic N) is 1. The number of rotatable bonds is 5. The van der Waals surface area contributed by atoms with E-state index in [9.17, 15) is 9.59 Å². The summed E-state index contributed by atoms with van der Waals surface area (Å²) in [5.41, 5.74) is 0.351. The van der Waals surface area contributed by atoms with Gasteiger partial charge >= 0.3 is 0 Å². The van der Waals surface area contributed by atoms with E-state index in [1.165, 1.54) is 6.07 Å². The zero-order chi connectivity index (χ0) is 13.1. The van der Waals surface area contributed by atoms with E-state index in [0.29, 0.717) is 28.7 Å². The standard InChI is InChI=1S/C13H14ClNO3/c1-15(11-3-4-11)13(17)8-18-12-5-2-10(14)6-9(12)7-16/h2,5-7,11H,3-4,8H2,1H3. The fourth-order valence-corrected chi connectivity index (χ4v) is 1.83. The van der Waals surface area contributed by atoms with E-state index in [1.54, 1.807) is 24.1 Å². The number of hydrogen-bond donors (Lipinski definition) is 0. The molecule has 0 saturated heterocycles. The van der Waals surface area contributed by atoms with Gasteiger partial charge in [0.2, 0.25) is 0 Å². The highest BCUT2D eigenvalue weighted by Crippen LogP contribution is 2.26. The van der Waals surface area contributed by atoms with Crippen LogP contribution in [0.3, 0.4) is 0 Å². The van der Waals surface area contributed by atoms with Crippen molar-refractivity contribution in [2.24, 2.45) is 0 Å². The first-order valence-electron chi connectivity index (χ1n) is 5.75. The quantitative estimate of drug-likeness (QED) is 0.768. The summed E-state index contributed by atoms with van der Waals surface area (Å²) in [6.07, 6.45) is 2.78. The molecule has 5 heteroatoms. The predicted molar refractivity (Wildman–Crippen MR) is 68.1 cm³/mol. The Morgan fingerprint density at radius 1 is 1.56 bits per heavy atom. The lowest BCUT2D eigenvalue weighted by Crippen LogP contribution is -2.33. The van der Waals surface area contributed by atoms with E-state index in [0.717, 1.165) is 12.8 Å². The fourth-order valence-electron chi connectivity index (χ4n) is 1.65. The van der Waals surface area contributed by atoms with Crippen LogP contribution in [0.4, 0.5) is 0 Å². The molecule has 1 aromatic carbocycles. The molecule has 0 atom stereocenters. The van der Waals surface area contributed by atoms with Crippen molar-refractivity contribution in [1.29, 1.82) is 0 Å². The van der Waals surface area contributed by atoms with Crippen LogP contribution in [0.5, 0.6) is 5.75 Å². The Morgan fingerprint density at radius 2 is 2.28 bits per heavy atom. The zero-order valence-electron chi connectivity index (χ0n) is 10.1. The van der Waals surface area contributed by atoms with Gasteiger partial charge in [0.1, 0.15) is 5.75 Å². The van der Waals surface area contributed by atoms with E-state index in [1.807, 2.05) is 0 Å². The Kier molecular flexibility index (Phi) is 3.87. The second-order valence-corrected chi connectivity index (χ2v) is 4.76. The van der Waals surface area contributed by atoms with Crippen molar-refractivity contribution >= 4 is 23.8 Å². The average Bonchev–Trinajstić information content (AvgIpc) is 3.20. The number of benzene rings is 1. The van der Waals surface area contributed by atoms with Crippen LogP contribution in [-0.2, 0) is 4.79 Å². The first kappa shape index (κ1) is 12.9. The topological polar surface area (TPSA) is 46.6 Å². The lowest BCUT2D eigenvalue weighted by atomic mass is 10.2. The number of likely N-dealkylation sites (N-methyl/N-ethyl adjacent to an activating group) is 1. The number of amides is 1. The van der Waals surface area contributed by atoms with Crippen LogP contribution < -0.4 is 4.74 Å². The number of aldehydes is 1. The van der Waals surface area contributed by atoms with Gasteiger partial charge in [0.05, 0.1) is 5.56 Å². The minimum Gasteiger partial charge on any atom is -0.483 e. The summed E-state index contributed by atoms with van der Waals surface area (Å²) in [4.78, 5) is 24.3. The van der Waals surface area contributed by atoms with Crippen LogP contribution in [0.1, 0.15) is 23.2 Å². The first-order valence-corrected chi connectivity index (χ1v) is 6.13. The molecule has 0 spiro atoms. The second-order valence-electron chi connectivity index (χ2n) is 4.32. The third kappa shape index (κ3) is 3.01. The van der Waals surface area contributed by atoms with Gasteiger partial charge < -0.3 is 9.64 Å². The predicted octanol–water partition coefficient (Wildman–Crippen LogP) is 2.15. The first-order chi connectivity index (χ1) is 8.61. The summed E-state index contributed by atoms with van der Waals surface area (Å²) >= 11 is 5.77. The van der Waals surface area contributed by atoms with Gasteiger partial charge in [-0.05, 0) is 31.0 Å².